The summed E-state index contributed by atoms with van der Waals surface area (Å²) < 4.78 is 19.6. The van der Waals surface area contributed by atoms with Gasteiger partial charge in [-0.1, -0.05) is 48.5 Å². The lowest BCUT2D eigenvalue weighted by atomic mass is 10.1. The van der Waals surface area contributed by atoms with Gasteiger partial charge in [-0.25, -0.2) is 4.39 Å². The Hall–Kier alpha value is -1.71. The molecule has 0 aromatic heterocycles. The van der Waals surface area contributed by atoms with Gasteiger partial charge >= 0.3 is 0 Å². The van der Waals surface area contributed by atoms with Crippen LogP contribution in [0.4, 0.5) is 4.39 Å². The molecule has 21 heavy (non-hydrogen) atoms. The molecule has 0 spiro atoms. The van der Waals surface area contributed by atoms with Gasteiger partial charge < -0.3 is 4.74 Å². The molecule has 0 radical (unpaired) electrons. The highest BCUT2D eigenvalue weighted by molar-refractivity contribution is 5.18. The lowest BCUT2D eigenvalue weighted by Crippen LogP contribution is -2.42. The van der Waals surface area contributed by atoms with Crippen molar-refractivity contribution >= 4 is 0 Å². The molecule has 1 unspecified atom stereocenters. The summed E-state index contributed by atoms with van der Waals surface area (Å²) >= 11 is 0. The third-order valence-corrected chi connectivity index (χ3v) is 3.88. The molecule has 2 nitrogen and oxygen atoms in total. The van der Waals surface area contributed by atoms with E-state index < -0.39 is 0 Å². The first kappa shape index (κ1) is 14.2. The summed E-state index contributed by atoms with van der Waals surface area (Å²) in [5.41, 5.74) is 2.05. The lowest BCUT2D eigenvalue weighted by Gasteiger charge is -2.33. The maximum atomic E-state index is 13.7. The van der Waals surface area contributed by atoms with E-state index in [1.165, 1.54) is 11.6 Å². The second kappa shape index (κ2) is 6.83. The highest BCUT2D eigenvalue weighted by atomic mass is 19.1. The summed E-state index contributed by atoms with van der Waals surface area (Å²) in [4.78, 5) is 2.27. The Labute approximate surface area is 125 Å². The van der Waals surface area contributed by atoms with E-state index in [0.29, 0.717) is 13.2 Å². The third-order valence-electron chi connectivity index (χ3n) is 3.88. The minimum atomic E-state index is -0.122. The van der Waals surface area contributed by atoms with E-state index in [4.69, 9.17) is 4.74 Å². The molecular formula is C18H20FNO. The van der Waals surface area contributed by atoms with Crippen molar-refractivity contribution in [3.05, 3.63) is 71.5 Å². The first-order valence-corrected chi connectivity index (χ1v) is 7.42. The van der Waals surface area contributed by atoms with Gasteiger partial charge in [-0.2, -0.15) is 0 Å². The van der Waals surface area contributed by atoms with E-state index in [1.807, 2.05) is 18.2 Å². The molecule has 3 heteroatoms. The van der Waals surface area contributed by atoms with Crippen LogP contribution >= 0.6 is 0 Å². The largest absolute Gasteiger partial charge is 0.375 e. The van der Waals surface area contributed by atoms with Crippen molar-refractivity contribution in [2.45, 2.75) is 19.1 Å². The number of ether oxygens (including phenoxy) is 1. The van der Waals surface area contributed by atoms with Gasteiger partial charge in [0, 0.05) is 25.2 Å². The predicted octanol–water partition coefficient (Wildman–Crippen LogP) is 3.27. The van der Waals surface area contributed by atoms with Gasteiger partial charge in [0.05, 0.1) is 12.7 Å². The van der Waals surface area contributed by atoms with Crippen molar-refractivity contribution in [2.75, 3.05) is 19.7 Å². The van der Waals surface area contributed by atoms with Crippen molar-refractivity contribution in [3.8, 4) is 0 Å². The molecule has 3 rings (SSSR count). The van der Waals surface area contributed by atoms with Gasteiger partial charge in [0.2, 0.25) is 0 Å². The van der Waals surface area contributed by atoms with Gasteiger partial charge in [-0.3, -0.25) is 4.90 Å². The second-order valence-corrected chi connectivity index (χ2v) is 5.51. The Morgan fingerprint density at radius 3 is 2.62 bits per heavy atom. The minimum absolute atomic E-state index is 0.122. The predicted molar refractivity (Wildman–Crippen MR) is 81.6 cm³/mol. The Bertz CT molecular complexity index is 572. The fraction of sp³-hybridized carbons (Fsp3) is 0.333. The molecule has 0 amide bonds. The maximum Gasteiger partial charge on any atom is 0.127 e. The van der Waals surface area contributed by atoms with E-state index in [9.17, 15) is 4.39 Å². The first-order valence-electron chi connectivity index (χ1n) is 7.42. The van der Waals surface area contributed by atoms with Crippen LogP contribution in [0.2, 0.25) is 0 Å². The Morgan fingerprint density at radius 2 is 1.81 bits per heavy atom. The van der Waals surface area contributed by atoms with Crippen LogP contribution in [0.15, 0.2) is 54.6 Å². The van der Waals surface area contributed by atoms with Crippen molar-refractivity contribution in [1.82, 2.24) is 4.90 Å². The number of morpholine rings is 1. The molecule has 1 heterocycles. The zero-order valence-electron chi connectivity index (χ0n) is 12.0. The SMILES string of the molecule is Fc1ccccc1CN1CCOC(Cc2ccccc2)C1. The van der Waals surface area contributed by atoms with Crippen LogP contribution < -0.4 is 0 Å². The van der Waals surface area contributed by atoms with Crippen LogP contribution in [-0.2, 0) is 17.7 Å². The van der Waals surface area contributed by atoms with Gasteiger partial charge in [0.25, 0.3) is 0 Å². The third kappa shape index (κ3) is 3.90. The molecule has 110 valence electrons. The van der Waals surface area contributed by atoms with Gasteiger partial charge in [-0.05, 0) is 18.1 Å². The summed E-state index contributed by atoms with van der Waals surface area (Å²) in [5.74, 6) is -0.122. The van der Waals surface area contributed by atoms with Crippen LogP contribution in [0.5, 0.6) is 0 Å². The van der Waals surface area contributed by atoms with E-state index in [-0.39, 0.29) is 11.9 Å². The van der Waals surface area contributed by atoms with Gasteiger partial charge in [0.15, 0.2) is 0 Å². The zero-order valence-corrected chi connectivity index (χ0v) is 12.0. The molecule has 2 aromatic carbocycles. The summed E-state index contributed by atoms with van der Waals surface area (Å²) in [5, 5.41) is 0. The summed E-state index contributed by atoms with van der Waals surface area (Å²) in [6.07, 6.45) is 1.10. The highest BCUT2D eigenvalue weighted by Gasteiger charge is 2.21. The van der Waals surface area contributed by atoms with Crippen LogP contribution in [0.25, 0.3) is 0 Å². The van der Waals surface area contributed by atoms with Crippen LogP contribution in [0.3, 0.4) is 0 Å². The van der Waals surface area contributed by atoms with Crippen LogP contribution in [0.1, 0.15) is 11.1 Å². The first-order chi connectivity index (χ1) is 10.3. The minimum Gasteiger partial charge on any atom is -0.375 e. The lowest BCUT2D eigenvalue weighted by molar-refractivity contribution is -0.0307. The molecule has 1 saturated heterocycles. The van der Waals surface area contributed by atoms with Crippen molar-refractivity contribution in [1.29, 1.82) is 0 Å². The van der Waals surface area contributed by atoms with E-state index in [1.54, 1.807) is 6.07 Å². The Kier molecular flexibility index (Phi) is 4.63. The molecule has 1 fully saturated rings. The topological polar surface area (TPSA) is 12.5 Å². The fourth-order valence-electron chi connectivity index (χ4n) is 2.79. The van der Waals surface area contributed by atoms with E-state index in [0.717, 1.165) is 25.1 Å². The number of hydrogen-bond donors (Lipinski definition) is 0. The second-order valence-electron chi connectivity index (χ2n) is 5.51. The number of hydrogen-bond acceptors (Lipinski definition) is 2. The standard InChI is InChI=1S/C18H20FNO/c19-18-9-5-4-8-16(18)13-20-10-11-21-17(14-20)12-15-6-2-1-3-7-15/h1-9,17H,10-14H2. The molecule has 1 aliphatic rings. The van der Waals surface area contributed by atoms with Crippen molar-refractivity contribution in [2.24, 2.45) is 0 Å². The monoisotopic (exact) mass is 285 g/mol. The zero-order chi connectivity index (χ0) is 14.5. The molecule has 0 saturated carbocycles. The van der Waals surface area contributed by atoms with Crippen LogP contribution in [-0.4, -0.2) is 30.7 Å². The van der Waals surface area contributed by atoms with E-state index in [2.05, 4.69) is 29.2 Å². The summed E-state index contributed by atoms with van der Waals surface area (Å²) in [7, 11) is 0. The molecule has 0 N–H and O–H groups in total. The molecule has 1 atom stereocenters. The number of rotatable bonds is 4. The molecular weight excluding hydrogens is 265 g/mol. The number of halogens is 1. The van der Waals surface area contributed by atoms with Gasteiger partial charge in [-0.15, -0.1) is 0 Å². The smallest absolute Gasteiger partial charge is 0.127 e. The maximum absolute atomic E-state index is 13.7. The van der Waals surface area contributed by atoms with Crippen LogP contribution in [0, 0.1) is 5.82 Å². The summed E-state index contributed by atoms with van der Waals surface area (Å²) in [6, 6.07) is 17.4. The Morgan fingerprint density at radius 1 is 1.05 bits per heavy atom. The molecule has 0 bridgehead atoms. The van der Waals surface area contributed by atoms with Gasteiger partial charge in [0.1, 0.15) is 5.82 Å². The number of nitrogens with zero attached hydrogens (tertiary/aromatic N) is 1. The molecule has 2 aromatic rings. The fourth-order valence-corrected chi connectivity index (χ4v) is 2.79. The molecule has 0 aliphatic carbocycles. The van der Waals surface area contributed by atoms with Crippen molar-refractivity contribution < 1.29 is 9.13 Å². The normalized spacial score (nSPS) is 19.6. The average Bonchev–Trinajstić information content (AvgIpc) is 2.51. The quantitative estimate of drug-likeness (QED) is 0.855. The Balaban J connectivity index is 1.60. The van der Waals surface area contributed by atoms with E-state index >= 15 is 0 Å². The summed E-state index contributed by atoms with van der Waals surface area (Å²) in [6.45, 7) is 3.08. The molecule has 1 aliphatic heterocycles. The van der Waals surface area contributed by atoms with Crippen molar-refractivity contribution in [3.63, 3.8) is 0 Å². The highest BCUT2D eigenvalue weighted by Crippen LogP contribution is 2.15. The number of benzene rings is 2. The average molecular weight is 285 g/mol.